The Morgan fingerprint density at radius 3 is 2.38 bits per heavy atom. The number of sulfonamides is 1. The number of nitrogens with one attached hydrogen (secondary N) is 1. The molecule has 1 N–H and O–H groups in total. The molecule has 1 aliphatic rings. The van der Waals surface area contributed by atoms with Gasteiger partial charge in [-0.15, -0.1) is 0 Å². The molecule has 1 fully saturated rings. The highest BCUT2D eigenvalue weighted by Crippen LogP contribution is 2.30. The van der Waals surface area contributed by atoms with Crippen LogP contribution in [0.25, 0.3) is 0 Å². The van der Waals surface area contributed by atoms with Crippen molar-refractivity contribution in [1.29, 1.82) is 0 Å². The maximum absolute atomic E-state index is 14.3. The summed E-state index contributed by atoms with van der Waals surface area (Å²) in [4.78, 5) is 1.93. The average Bonchev–Trinajstić information content (AvgIpc) is 2.45. The van der Waals surface area contributed by atoms with Crippen molar-refractivity contribution in [2.24, 2.45) is 0 Å². The van der Waals surface area contributed by atoms with Crippen LogP contribution in [0, 0.1) is 5.82 Å². The Bertz CT molecular complexity index is 598. The minimum Gasteiger partial charge on any atom is -0.366 e. The highest BCUT2D eigenvalue weighted by atomic mass is 32.2. The van der Waals surface area contributed by atoms with E-state index in [-0.39, 0.29) is 11.9 Å². The van der Waals surface area contributed by atoms with E-state index in [4.69, 9.17) is 0 Å². The SMILES string of the molecule is CNC(C)c1cccc(F)c1N1CCN(S(C)(=O)=O)CC1. The molecule has 1 unspecified atom stereocenters. The van der Waals surface area contributed by atoms with Gasteiger partial charge in [0.05, 0.1) is 11.9 Å². The second-order valence-electron chi connectivity index (χ2n) is 5.34. The van der Waals surface area contributed by atoms with E-state index in [1.165, 1.54) is 16.6 Å². The number of nitrogens with zero attached hydrogens (tertiary/aromatic N) is 2. The number of hydrogen-bond acceptors (Lipinski definition) is 4. The average molecular weight is 315 g/mol. The summed E-state index contributed by atoms with van der Waals surface area (Å²) < 4.78 is 38.8. The van der Waals surface area contributed by atoms with Gasteiger partial charge < -0.3 is 10.2 Å². The summed E-state index contributed by atoms with van der Waals surface area (Å²) in [5, 5.41) is 3.12. The summed E-state index contributed by atoms with van der Waals surface area (Å²) in [6, 6.07) is 5.09. The number of anilines is 1. The zero-order valence-electron chi connectivity index (χ0n) is 12.6. The Morgan fingerprint density at radius 2 is 1.86 bits per heavy atom. The number of rotatable bonds is 4. The van der Waals surface area contributed by atoms with Crippen LogP contribution in [0.3, 0.4) is 0 Å². The van der Waals surface area contributed by atoms with Gasteiger partial charge in [-0.3, -0.25) is 0 Å². The van der Waals surface area contributed by atoms with E-state index in [0.717, 1.165) is 5.56 Å². The van der Waals surface area contributed by atoms with Crippen molar-refractivity contribution in [3.05, 3.63) is 29.6 Å². The van der Waals surface area contributed by atoms with Gasteiger partial charge in [0.25, 0.3) is 0 Å². The lowest BCUT2D eigenvalue weighted by Crippen LogP contribution is -2.49. The molecule has 0 bridgehead atoms. The van der Waals surface area contributed by atoms with Crippen LogP contribution in [-0.4, -0.2) is 52.2 Å². The maximum Gasteiger partial charge on any atom is 0.211 e. The number of para-hydroxylation sites is 1. The molecule has 1 aromatic rings. The molecule has 0 radical (unpaired) electrons. The van der Waals surface area contributed by atoms with Crippen molar-refractivity contribution < 1.29 is 12.8 Å². The van der Waals surface area contributed by atoms with Crippen LogP contribution in [0.1, 0.15) is 18.5 Å². The van der Waals surface area contributed by atoms with E-state index in [9.17, 15) is 12.8 Å². The van der Waals surface area contributed by atoms with Crippen LogP contribution in [0.4, 0.5) is 10.1 Å². The molecule has 0 aromatic heterocycles. The van der Waals surface area contributed by atoms with Crippen molar-refractivity contribution in [1.82, 2.24) is 9.62 Å². The molecular formula is C14H22FN3O2S. The first-order valence-corrected chi connectivity index (χ1v) is 8.85. The highest BCUT2D eigenvalue weighted by Gasteiger charge is 2.26. The molecule has 1 atom stereocenters. The molecule has 0 amide bonds. The summed E-state index contributed by atoms with van der Waals surface area (Å²) >= 11 is 0. The van der Waals surface area contributed by atoms with Gasteiger partial charge in [-0.2, -0.15) is 4.31 Å². The lowest BCUT2D eigenvalue weighted by Gasteiger charge is -2.36. The molecule has 7 heteroatoms. The van der Waals surface area contributed by atoms with Crippen LogP contribution >= 0.6 is 0 Å². The largest absolute Gasteiger partial charge is 0.366 e. The van der Waals surface area contributed by atoms with Gasteiger partial charge in [-0.25, -0.2) is 12.8 Å². The lowest BCUT2D eigenvalue weighted by molar-refractivity contribution is 0.385. The van der Waals surface area contributed by atoms with Crippen LogP contribution in [-0.2, 0) is 10.0 Å². The van der Waals surface area contributed by atoms with Gasteiger partial charge in [0.2, 0.25) is 10.0 Å². The standard InChI is InChI=1S/C14H22FN3O2S/c1-11(16-2)12-5-4-6-13(15)14(12)17-7-9-18(10-8-17)21(3,19)20/h4-6,11,16H,7-10H2,1-3H3. The zero-order valence-corrected chi connectivity index (χ0v) is 13.5. The molecule has 1 aliphatic heterocycles. The third-order valence-electron chi connectivity index (χ3n) is 3.94. The molecule has 1 saturated heterocycles. The molecular weight excluding hydrogens is 293 g/mol. The van der Waals surface area contributed by atoms with Crippen LogP contribution < -0.4 is 10.2 Å². The quantitative estimate of drug-likeness (QED) is 0.907. The molecule has 21 heavy (non-hydrogen) atoms. The monoisotopic (exact) mass is 315 g/mol. The lowest BCUT2D eigenvalue weighted by atomic mass is 10.0. The van der Waals surface area contributed by atoms with Crippen LogP contribution in [0.2, 0.25) is 0 Å². The van der Waals surface area contributed by atoms with E-state index in [0.29, 0.717) is 31.9 Å². The number of piperazine rings is 1. The second-order valence-corrected chi connectivity index (χ2v) is 7.32. The smallest absolute Gasteiger partial charge is 0.211 e. The second kappa shape index (κ2) is 6.29. The molecule has 2 rings (SSSR count). The molecule has 1 aromatic carbocycles. The third kappa shape index (κ3) is 3.53. The van der Waals surface area contributed by atoms with Gasteiger partial charge in [-0.05, 0) is 25.6 Å². The van der Waals surface area contributed by atoms with Gasteiger partial charge in [0, 0.05) is 32.2 Å². The topological polar surface area (TPSA) is 52.6 Å². The Labute approximate surface area is 125 Å². The maximum atomic E-state index is 14.3. The van der Waals surface area contributed by atoms with Gasteiger partial charge in [-0.1, -0.05) is 12.1 Å². The Kier molecular flexibility index (Phi) is 4.85. The fourth-order valence-electron chi connectivity index (χ4n) is 2.61. The Morgan fingerprint density at radius 1 is 1.24 bits per heavy atom. The number of hydrogen-bond donors (Lipinski definition) is 1. The van der Waals surface area contributed by atoms with Gasteiger partial charge >= 0.3 is 0 Å². The normalized spacial score (nSPS) is 18.8. The van der Waals surface area contributed by atoms with E-state index in [2.05, 4.69) is 5.32 Å². The van der Waals surface area contributed by atoms with E-state index in [1.807, 2.05) is 24.9 Å². The van der Waals surface area contributed by atoms with E-state index >= 15 is 0 Å². The predicted octanol–water partition coefficient (Wildman–Crippen LogP) is 1.19. The van der Waals surface area contributed by atoms with Crippen molar-refractivity contribution >= 4 is 15.7 Å². The fraction of sp³-hybridized carbons (Fsp3) is 0.571. The number of benzene rings is 1. The van der Waals surface area contributed by atoms with Crippen molar-refractivity contribution in [2.75, 3.05) is 44.4 Å². The molecule has 0 aliphatic carbocycles. The van der Waals surface area contributed by atoms with Gasteiger partial charge in [0.1, 0.15) is 5.82 Å². The summed E-state index contributed by atoms with van der Waals surface area (Å²) in [5.74, 6) is -0.262. The molecule has 0 spiro atoms. The first kappa shape index (κ1) is 16.2. The first-order valence-electron chi connectivity index (χ1n) is 7.00. The Balaban J connectivity index is 2.24. The van der Waals surface area contributed by atoms with Crippen molar-refractivity contribution in [2.45, 2.75) is 13.0 Å². The minimum absolute atomic E-state index is 0.0311. The molecule has 0 saturated carbocycles. The van der Waals surface area contributed by atoms with E-state index in [1.54, 1.807) is 6.07 Å². The molecule has 5 nitrogen and oxygen atoms in total. The third-order valence-corrected chi connectivity index (χ3v) is 5.24. The summed E-state index contributed by atoms with van der Waals surface area (Å²) in [6.07, 6.45) is 1.21. The van der Waals surface area contributed by atoms with Crippen LogP contribution in [0.5, 0.6) is 0 Å². The van der Waals surface area contributed by atoms with Crippen molar-refractivity contribution in [3.63, 3.8) is 0 Å². The highest BCUT2D eigenvalue weighted by molar-refractivity contribution is 7.88. The van der Waals surface area contributed by atoms with E-state index < -0.39 is 10.0 Å². The number of halogens is 1. The molecule has 1 heterocycles. The summed E-state index contributed by atoms with van der Waals surface area (Å²) in [6.45, 7) is 3.75. The minimum atomic E-state index is -3.17. The zero-order chi connectivity index (χ0) is 15.6. The Hall–Kier alpha value is -1.18. The van der Waals surface area contributed by atoms with Crippen molar-refractivity contribution in [3.8, 4) is 0 Å². The molecule has 118 valence electrons. The fourth-order valence-corrected chi connectivity index (χ4v) is 3.44. The van der Waals surface area contributed by atoms with Crippen LogP contribution in [0.15, 0.2) is 18.2 Å². The van der Waals surface area contributed by atoms with Gasteiger partial charge in [0.15, 0.2) is 0 Å². The summed E-state index contributed by atoms with van der Waals surface area (Å²) in [7, 11) is -1.34. The predicted molar refractivity (Wildman–Crippen MR) is 82.5 cm³/mol. The first-order chi connectivity index (χ1) is 9.84. The summed E-state index contributed by atoms with van der Waals surface area (Å²) in [5.41, 5.74) is 1.47.